The second-order valence-corrected chi connectivity index (χ2v) is 12.7. The van der Waals surface area contributed by atoms with E-state index in [-0.39, 0.29) is 36.4 Å². The summed E-state index contributed by atoms with van der Waals surface area (Å²) in [6.07, 6.45) is 22.8. The lowest BCUT2D eigenvalue weighted by Crippen LogP contribution is -2.50. The predicted octanol–water partition coefficient (Wildman–Crippen LogP) is 8.17. The number of hydrogen-bond donors (Lipinski definition) is 3. The standard InChI is InChI=1S/C38H63N3O5/c1-5-7-8-9-10-11-12-13-14-15-16-17-18-19-20-21-28-40-38(45)37(30(3)6-2)41-35(43)26-27-36(44)46-33-24-22-32(23-25-33)34(39)29-31(4)42/h22-25,29-30,37H,5-21,26-28,39H2,1-4H3,(H,40,45)(H,41,43)/b34-29-/t30-,37-/m0/s1. The van der Waals surface area contributed by atoms with Gasteiger partial charge in [-0.15, -0.1) is 0 Å². The molecule has 2 amide bonds. The maximum Gasteiger partial charge on any atom is 0.311 e. The molecule has 0 aliphatic rings. The van der Waals surface area contributed by atoms with Crippen molar-refractivity contribution in [3.8, 4) is 5.75 Å². The lowest BCUT2D eigenvalue weighted by Gasteiger charge is -2.23. The van der Waals surface area contributed by atoms with Gasteiger partial charge >= 0.3 is 5.97 Å². The molecule has 0 saturated heterocycles. The zero-order valence-corrected chi connectivity index (χ0v) is 29.3. The monoisotopic (exact) mass is 641 g/mol. The number of nitrogens with one attached hydrogen (secondary N) is 2. The Balaban J connectivity index is 2.22. The lowest BCUT2D eigenvalue weighted by molar-refractivity contribution is -0.137. The van der Waals surface area contributed by atoms with Crippen molar-refractivity contribution in [1.82, 2.24) is 10.6 Å². The highest BCUT2D eigenvalue weighted by atomic mass is 16.5. The first-order chi connectivity index (χ1) is 22.2. The van der Waals surface area contributed by atoms with Crippen LogP contribution in [-0.2, 0) is 19.2 Å². The van der Waals surface area contributed by atoms with E-state index in [2.05, 4.69) is 17.6 Å². The molecule has 0 aliphatic carbocycles. The van der Waals surface area contributed by atoms with Gasteiger partial charge in [-0.05, 0) is 49.1 Å². The van der Waals surface area contributed by atoms with Gasteiger partial charge in [0.2, 0.25) is 11.8 Å². The summed E-state index contributed by atoms with van der Waals surface area (Å²) < 4.78 is 5.32. The van der Waals surface area contributed by atoms with Crippen molar-refractivity contribution in [3.05, 3.63) is 35.9 Å². The van der Waals surface area contributed by atoms with Crippen LogP contribution >= 0.6 is 0 Å². The highest BCUT2D eigenvalue weighted by Crippen LogP contribution is 2.17. The van der Waals surface area contributed by atoms with Gasteiger partial charge in [0.15, 0.2) is 5.78 Å². The zero-order chi connectivity index (χ0) is 34.0. The Morgan fingerprint density at radius 2 is 1.26 bits per heavy atom. The number of esters is 1. The molecule has 0 heterocycles. The number of allylic oxidation sites excluding steroid dienone is 1. The fourth-order valence-corrected chi connectivity index (χ4v) is 5.36. The number of hydrogen-bond acceptors (Lipinski definition) is 6. The van der Waals surface area contributed by atoms with E-state index < -0.39 is 12.0 Å². The normalized spacial score (nSPS) is 12.7. The number of nitrogens with two attached hydrogens (primary N) is 1. The molecule has 0 aromatic heterocycles. The number of ketones is 1. The zero-order valence-electron chi connectivity index (χ0n) is 29.3. The molecule has 1 aromatic carbocycles. The van der Waals surface area contributed by atoms with E-state index in [1.54, 1.807) is 24.3 Å². The topological polar surface area (TPSA) is 128 Å². The van der Waals surface area contributed by atoms with Crippen LogP contribution in [-0.4, -0.2) is 36.2 Å². The predicted molar refractivity (Wildman–Crippen MR) is 188 cm³/mol. The van der Waals surface area contributed by atoms with E-state index in [1.807, 2.05) is 13.8 Å². The molecule has 0 bridgehead atoms. The van der Waals surface area contributed by atoms with Crippen molar-refractivity contribution in [2.45, 2.75) is 156 Å². The minimum atomic E-state index is -0.643. The molecule has 0 fully saturated rings. The summed E-state index contributed by atoms with van der Waals surface area (Å²) in [5, 5.41) is 5.82. The first kappa shape index (κ1) is 40.9. The van der Waals surface area contributed by atoms with Crippen molar-refractivity contribution < 1.29 is 23.9 Å². The summed E-state index contributed by atoms with van der Waals surface area (Å²) in [6, 6.07) is 5.82. The molecule has 46 heavy (non-hydrogen) atoms. The van der Waals surface area contributed by atoms with Gasteiger partial charge in [0.1, 0.15) is 11.8 Å². The molecular weight excluding hydrogens is 578 g/mol. The smallest absolute Gasteiger partial charge is 0.311 e. The Labute approximate surface area is 279 Å². The molecule has 0 unspecified atom stereocenters. The Morgan fingerprint density at radius 3 is 1.74 bits per heavy atom. The van der Waals surface area contributed by atoms with Crippen LogP contribution in [0, 0.1) is 5.92 Å². The number of ether oxygens (including phenoxy) is 1. The number of amides is 2. The average Bonchev–Trinajstić information content (AvgIpc) is 3.03. The van der Waals surface area contributed by atoms with Crippen molar-refractivity contribution in [2.75, 3.05) is 6.54 Å². The van der Waals surface area contributed by atoms with Crippen LogP contribution < -0.4 is 21.1 Å². The third-order valence-corrected chi connectivity index (χ3v) is 8.48. The molecule has 0 spiro atoms. The molecule has 8 nitrogen and oxygen atoms in total. The second kappa shape index (κ2) is 26.0. The maximum absolute atomic E-state index is 12.9. The average molecular weight is 642 g/mol. The molecule has 8 heteroatoms. The lowest BCUT2D eigenvalue weighted by atomic mass is 9.98. The Bertz CT molecular complexity index is 1040. The van der Waals surface area contributed by atoms with Gasteiger partial charge in [-0.3, -0.25) is 19.2 Å². The first-order valence-electron chi connectivity index (χ1n) is 18.0. The van der Waals surface area contributed by atoms with Gasteiger partial charge in [-0.25, -0.2) is 0 Å². The van der Waals surface area contributed by atoms with Crippen molar-refractivity contribution >= 4 is 29.3 Å². The van der Waals surface area contributed by atoms with E-state index in [4.69, 9.17) is 10.5 Å². The fraction of sp³-hybridized carbons (Fsp3) is 0.684. The summed E-state index contributed by atoms with van der Waals surface area (Å²) >= 11 is 0. The Kier molecular flexibility index (Phi) is 23.1. The fourth-order valence-electron chi connectivity index (χ4n) is 5.36. The van der Waals surface area contributed by atoms with Gasteiger partial charge in [0.25, 0.3) is 0 Å². The molecule has 4 N–H and O–H groups in total. The maximum atomic E-state index is 12.9. The summed E-state index contributed by atoms with van der Waals surface area (Å²) in [7, 11) is 0. The van der Waals surface area contributed by atoms with Crippen molar-refractivity contribution in [2.24, 2.45) is 11.7 Å². The minimum absolute atomic E-state index is 0.0373. The molecule has 260 valence electrons. The van der Waals surface area contributed by atoms with Gasteiger partial charge in [0.05, 0.1) is 6.42 Å². The van der Waals surface area contributed by atoms with E-state index in [0.29, 0.717) is 23.6 Å². The van der Waals surface area contributed by atoms with Crippen LogP contribution in [0.5, 0.6) is 5.75 Å². The van der Waals surface area contributed by atoms with Crippen molar-refractivity contribution in [3.63, 3.8) is 0 Å². The van der Waals surface area contributed by atoms with Gasteiger partial charge < -0.3 is 21.1 Å². The minimum Gasteiger partial charge on any atom is -0.427 e. The van der Waals surface area contributed by atoms with Crippen LogP contribution in [0.2, 0.25) is 0 Å². The van der Waals surface area contributed by atoms with Gasteiger partial charge in [-0.1, -0.05) is 124 Å². The molecule has 2 atom stereocenters. The van der Waals surface area contributed by atoms with E-state index >= 15 is 0 Å². The molecular formula is C38H63N3O5. The number of carbonyl (C=O) groups excluding carboxylic acids is 4. The van der Waals surface area contributed by atoms with Crippen LogP contribution in [0.15, 0.2) is 30.3 Å². The SMILES string of the molecule is CCCCCCCCCCCCCCCCCCNC(=O)[C@@H](NC(=O)CCC(=O)Oc1ccc(/C(N)=C/C(C)=O)cc1)[C@@H](C)CC. The molecule has 0 aliphatic heterocycles. The third-order valence-electron chi connectivity index (χ3n) is 8.48. The highest BCUT2D eigenvalue weighted by molar-refractivity contribution is 5.94. The first-order valence-corrected chi connectivity index (χ1v) is 18.0. The third kappa shape index (κ3) is 20.1. The quantitative estimate of drug-likeness (QED) is 0.0385. The number of benzene rings is 1. The van der Waals surface area contributed by atoms with Gasteiger partial charge in [-0.2, -0.15) is 0 Å². The van der Waals surface area contributed by atoms with Crippen LogP contribution in [0.1, 0.15) is 155 Å². The van der Waals surface area contributed by atoms with Crippen LogP contribution in [0.4, 0.5) is 0 Å². The largest absolute Gasteiger partial charge is 0.427 e. The molecule has 0 saturated carbocycles. The van der Waals surface area contributed by atoms with E-state index in [1.165, 1.54) is 103 Å². The molecule has 0 radical (unpaired) electrons. The number of unbranched alkanes of at least 4 members (excludes halogenated alkanes) is 15. The van der Waals surface area contributed by atoms with E-state index in [9.17, 15) is 19.2 Å². The number of rotatable bonds is 27. The van der Waals surface area contributed by atoms with Gasteiger partial charge in [0, 0.05) is 24.7 Å². The highest BCUT2D eigenvalue weighted by Gasteiger charge is 2.25. The van der Waals surface area contributed by atoms with Crippen molar-refractivity contribution in [1.29, 1.82) is 0 Å². The number of carbonyl (C=O) groups is 4. The summed E-state index contributed by atoms with van der Waals surface area (Å²) in [5.74, 6) is -0.972. The summed E-state index contributed by atoms with van der Waals surface area (Å²) in [5.41, 5.74) is 6.83. The van der Waals surface area contributed by atoms with E-state index in [0.717, 1.165) is 19.3 Å². The second-order valence-electron chi connectivity index (χ2n) is 12.7. The summed E-state index contributed by atoms with van der Waals surface area (Å²) in [6.45, 7) is 8.21. The summed E-state index contributed by atoms with van der Waals surface area (Å²) in [4.78, 5) is 49.1. The Morgan fingerprint density at radius 1 is 0.761 bits per heavy atom. The van der Waals surface area contributed by atoms with Crippen LogP contribution in [0.25, 0.3) is 5.70 Å². The molecule has 1 rings (SSSR count). The molecule has 1 aromatic rings. The Hall–Kier alpha value is -3.16. The van der Waals surface area contributed by atoms with Crippen LogP contribution in [0.3, 0.4) is 0 Å².